The van der Waals surface area contributed by atoms with E-state index in [2.05, 4.69) is 20.5 Å². The number of aryl methyl sites for hydroxylation is 1. The number of hydrogen-bond donors (Lipinski definition) is 1. The van der Waals surface area contributed by atoms with Gasteiger partial charge in [-0.15, -0.1) is 21.5 Å². The third-order valence-electron chi connectivity index (χ3n) is 5.13. The standard InChI is InChI=1S/C26H27N5O4S2/c1-4-34-23(33)14-19-15-36-25(27-19)28-22(32)16-37-26-30-29-24(31(26)20-8-6-5-7-9-20)18(3)35-21-12-10-17(2)11-13-21/h5-13,15,18H,4,14,16H2,1-3H3,(H,27,28,32)/t18-/m1/s1. The molecular formula is C26H27N5O4S2. The van der Waals surface area contributed by atoms with Crippen LogP contribution in [-0.2, 0) is 20.7 Å². The van der Waals surface area contributed by atoms with Crippen molar-refractivity contribution in [1.82, 2.24) is 19.7 Å². The Balaban J connectivity index is 1.44. The second kappa shape index (κ2) is 12.5. The topological polar surface area (TPSA) is 108 Å². The summed E-state index contributed by atoms with van der Waals surface area (Å²) in [5.41, 5.74) is 2.58. The Kier molecular flexibility index (Phi) is 8.91. The van der Waals surface area contributed by atoms with Gasteiger partial charge in [0.15, 0.2) is 22.2 Å². The molecule has 0 saturated carbocycles. The summed E-state index contributed by atoms with van der Waals surface area (Å²) in [6.07, 6.45) is -0.312. The van der Waals surface area contributed by atoms with Crippen LogP contribution >= 0.6 is 23.1 Å². The van der Waals surface area contributed by atoms with E-state index in [1.54, 1.807) is 12.3 Å². The number of thiazole rings is 1. The van der Waals surface area contributed by atoms with Gasteiger partial charge in [0.25, 0.3) is 0 Å². The molecule has 9 nitrogen and oxygen atoms in total. The molecule has 0 radical (unpaired) electrons. The number of carbonyl (C=O) groups is 2. The van der Waals surface area contributed by atoms with Crippen molar-refractivity contribution >= 4 is 40.1 Å². The lowest BCUT2D eigenvalue weighted by Gasteiger charge is -2.16. The smallest absolute Gasteiger partial charge is 0.311 e. The van der Waals surface area contributed by atoms with Crippen LogP contribution in [0.4, 0.5) is 5.13 Å². The Morgan fingerprint density at radius 2 is 1.86 bits per heavy atom. The summed E-state index contributed by atoms with van der Waals surface area (Å²) >= 11 is 2.52. The molecule has 0 aliphatic carbocycles. The fourth-order valence-corrected chi connectivity index (χ4v) is 4.91. The second-order valence-corrected chi connectivity index (χ2v) is 9.85. The van der Waals surface area contributed by atoms with Gasteiger partial charge >= 0.3 is 5.97 Å². The van der Waals surface area contributed by atoms with E-state index in [-0.39, 0.29) is 30.2 Å². The van der Waals surface area contributed by atoms with Crippen LogP contribution in [-0.4, -0.2) is 44.0 Å². The van der Waals surface area contributed by atoms with Crippen molar-refractivity contribution in [2.24, 2.45) is 0 Å². The summed E-state index contributed by atoms with van der Waals surface area (Å²) in [5.74, 6) is 0.872. The van der Waals surface area contributed by atoms with Crippen molar-refractivity contribution in [3.05, 3.63) is 77.1 Å². The number of nitrogens with zero attached hydrogens (tertiary/aromatic N) is 4. The lowest BCUT2D eigenvalue weighted by atomic mass is 10.2. The molecule has 2 aromatic carbocycles. The third kappa shape index (κ3) is 7.17. The Bertz CT molecular complexity index is 1340. The molecule has 192 valence electrons. The lowest BCUT2D eigenvalue weighted by molar-refractivity contribution is -0.142. The lowest BCUT2D eigenvalue weighted by Crippen LogP contribution is -2.15. The molecule has 11 heteroatoms. The first-order chi connectivity index (χ1) is 17.9. The first kappa shape index (κ1) is 26.4. The molecule has 0 bridgehead atoms. The highest BCUT2D eigenvalue weighted by molar-refractivity contribution is 7.99. The van der Waals surface area contributed by atoms with E-state index in [1.807, 2.05) is 73.0 Å². The van der Waals surface area contributed by atoms with Crippen LogP contribution in [0.5, 0.6) is 5.75 Å². The third-order valence-corrected chi connectivity index (χ3v) is 6.87. The van der Waals surface area contributed by atoms with Crippen molar-refractivity contribution in [1.29, 1.82) is 0 Å². The van der Waals surface area contributed by atoms with Gasteiger partial charge in [-0.3, -0.25) is 14.2 Å². The number of benzene rings is 2. The Morgan fingerprint density at radius 3 is 2.59 bits per heavy atom. The van der Waals surface area contributed by atoms with Crippen LogP contribution in [0.1, 0.15) is 37.0 Å². The highest BCUT2D eigenvalue weighted by atomic mass is 32.2. The molecule has 0 saturated heterocycles. The highest BCUT2D eigenvalue weighted by Crippen LogP contribution is 2.28. The fraction of sp³-hybridized carbons (Fsp3) is 0.269. The largest absolute Gasteiger partial charge is 0.483 e. The van der Waals surface area contributed by atoms with E-state index in [0.29, 0.717) is 28.4 Å². The minimum atomic E-state index is -0.383. The maximum Gasteiger partial charge on any atom is 0.311 e. The van der Waals surface area contributed by atoms with Crippen molar-refractivity contribution < 1.29 is 19.1 Å². The van der Waals surface area contributed by atoms with Gasteiger partial charge in [-0.25, -0.2) is 4.98 Å². The molecule has 0 unspecified atom stereocenters. The first-order valence-electron chi connectivity index (χ1n) is 11.7. The van der Waals surface area contributed by atoms with Crippen LogP contribution in [0, 0.1) is 6.92 Å². The van der Waals surface area contributed by atoms with E-state index in [9.17, 15) is 9.59 Å². The molecular weight excluding hydrogens is 510 g/mol. The molecule has 1 atom stereocenters. The SMILES string of the molecule is CCOC(=O)Cc1csc(NC(=O)CSc2nnc([C@@H](C)Oc3ccc(C)cc3)n2-c2ccccc2)n1. The minimum Gasteiger partial charge on any atom is -0.483 e. The van der Waals surface area contributed by atoms with E-state index < -0.39 is 0 Å². The quantitative estimate of drug-likeness (QED) is 0.210. The average molecular weight is 538 g/mol. The Morgan fingerprint density at radius 1 is 1.11 bits per heavy atom. The normalized spacial score (nSPS) is 11.6. The number of aromatic nitrogens is 4. The zero-order valence-electron chi connectivity index (χ0n) is 20.7. The zero-order chi connectivity index (χ0) is 26.2. The van der Waals surface area contributed by atoms with Crippen molar-refractivity contribution in [2.75, 3.05) is 17.7 Å². The molecule has 0 spiro atoms. The Labute approximate surface area is 223 Å². The zero-order valence-corrected chi connectivity index (χ0v) is 22.3. The summed E-state index contributed by atoms with van der Waals surface area (Å²) in [6.45, 7) is 6.01. The summed E-state index contributed by atoms with van der Waals surface area (Å²) in [5, 5.41) is 14.2. The van der Waals surface area contributed by atoms with Crippen LogP contribution in [0.25, 0.3) is 5.69 Å². The maximum absolute atomic E-state index is 12.6. The van der Waals surface area contributed by atoms with Crippen LogP contribution in [0.15, 0.2) is 65.1 Å². The number of para-hydroxylation sites is 1. The first-order valence-corrected chi connectivity index (χ1v) is 13.6. The summed E-state index contributed by atoms with van der Waals surface area (Å²) in [7, 11) is 0. The van der Waals surface area contributed by atoms with Gasteiger partial charge in [0.2, 0.25) is 5.91 Å². The van der Waals surface area contributed by atoms with E-state index in [0.717, 1.165) is 17.0 Å². The number of hydrogen-bond acceptors (Lipinski definition) is 9. The van der Waals surface area contributed by atoms with Gasteiger partial charge in [-0.1, -0.05) is 47.7 Å². The Hall–Kier alpha value is -3.70. The summed E-state index contributed by atoms with van der Waals surface area (Å²) in [4.78, 5) is 28.6. The number of esters is 1. The molecule has 2 aromatic heterocycles. The fourth-order valence-electron chi connectivity index (χ4n) is 3.42. The molecule has 0 aliphatic rings. The van der Waals surface area contributed by atoms with Crippen LogP contribution in [0.3, 0.4) is 0 Å². The van der Waals surface area contributed by atoms with Gasteiger partial charge < -0.3 is 14.8 Å². The molecule has 37 heavy (non-hydrogen) atoms. The predicted molar refractivity (Wildman–Crippen MR) is 143 cm³/mol. The van der Waals surface area contributed by atoms with Crippen LogP contribution < -0.4 is 10.1 Å². The molecule has 4 aromatic rings. The number of nitrogens with one attached hydrogen (secondary N) is 1. The average Bonchev–Trinajstić information content (AvgIpc) is 3.51. The number of amides is 1. The molecule has 2 heterocycles. The number of rotatable bonds is 11. The van der Waals surface area contributed by atoms with Crippen molar-refractivity contribution in [2.45, 2.75) is 38.5 Å². The summed E-state index contributed by atoms with van der Waals surface area (Å²) in [6, 6.07) is 17.5. The van der Waals surface area contributed by atoms with Gasteiger partial charge in [0.05, 0.1) is 24.5 Å². The molecule has 1 N–H and O–H groups in total. The molecule has 0 aliphatic heterocycles. The molecule has 0 fully saturated rings. The van der Waals surface area contributed by atoms with Crippen LogP contribution in [0.2, 0.25) is 0 Å². The predicted octanol–water partition coefficient (Wildman–Crippen LogP) is 5.01. The number of ether oxygens (including phenoxy) is 2. The number of carbonyl (C=O) groups excluding carboxylic acids is 2. The molecule has 1 amide bonds. The van der Waals surface area contributed by atoms with Gasteiger partial charge in [-0.2, -0.15) is 0 Å². The number of anilines is 1. The van der Waals surface area contributed by atoms with Gasteiger partial charge in [0, 0.05) is 11.1 Å². The maximum atomic E-state index is 12.6. The van der Waals surface area contributed by atoms with Gasteiger partial charge in [-0.05, 0) is 45.0 Å². The van der Waals surface area contributed by atoms with E-state index in [1.165, 1.54) is 23.1 Å². The van der Waals surface area contributed by atoms with E-state index >= 15 is 0 Å². The van der Waals surface area contributed by atoms with Gasteiger partial charge in [0.1, 0.15) is 5.75 Å². The highest BCUT2D eigenvalue weighted by Gasteiger charge is 2.22. The minimum absolute atomic E-state index is 0.0702. The second-order valence-electron chi connectivity index (χ2n) is 8.05. The molecule has 4 rings (SSSR count). The summed E-state index contributed by atoms with van der Waals surface area (Å²) < 4.78 is 13.0. The van der Waals surface area contributed by atoms with E-state index in [4.69, 9.17) is 9.47 Å². The van der Waals surface area contributed by atoms with Crippen molar-refractivity contribution in [3.63, 3.8) is 0 Å². The number of thioether (sulfide) groups is 1. The monoisotopic (exact) mass is 537 g/mol. The van der Waals surface area contributed by atoms with Crippen molar-refractivity contribution in [3.8, 4) is 11.4 Å².